The number of hydrogen-bond acceptors (Lipinski definition) is 2. The average Bonchev–Trinajstić information content (AvgIpc) is 2.29. The second kappa shape index (κ2) is 3.72. The van der Waals surface area contributed by atoms with Crippen molar-refractivity contribution in [2.75, 3.05) is 19.6 Å². The molecule has 0 bridgehead atoms. The number of nitrogens with zero attached hydrogens (tertiary/aromatic N) is 1. The molecule has 2 heterocycles. The van der Waals surface area contributed by atoms with E-state index in [1.54, 1.807) is 0 Å². The summed E-state index contributed by atoms with van der Waals surface area (Å²) in [6.45, 7) is 5.21. The third kappa shape index (κ3) is 1.74. The summed E-state index contributed by atoms with van der Waals surface area (Å²) in [5.41, 5.74) is 2.85. The molecule has 0 aromatic carbocycles. The third-order valence-electron chi connectivity index (χ3n) is 2.71. The van der Waals surface area contributed by atoms with Crippen molar-refractivity contribution < 1.29 is 0 Å². The minimum Gasteiger partial charge on any atom is -0.334 e. The Balaban J connectivity index is 2.31. The van der Waals surface area contributed by atoms with Crippen molar-refractivity contribution in [2.24, 2.45) is 0 Å². The van der Waals surface area contributed by atoms with E-state index < -0.39 is 0 Å². The van der Waals surface area contributed by atoms with Gasteiger partial charge in [-0.2, -0.15) is 0 Å². The molecule has 0 amide bonds. The summed E-state index contributed by atoms with van der Waals surface area (Å²) in [7, 11) is 0. The highest BCUT2D eigenvalue weighted by Gasteiger charge is 2.20. The molecule has 0 radical (unpaired) electrons. The van der Waals surface area contributed by atoms with Gasteiger partial charge in [0.2, 0.25) is 0 Å². The van der Waals surface area contributed by atoms with Gasteiger partial charge in [-0.15, -0.1) is 0 Å². The Morgan fingerprint density at radius 3 is 3.23 bits per heavy atom. The summed E-state index contributed by atoms with van der Waals surface area (Å²) in [6, 6.07) is 0. The quantitative estimate of drug-likeness (QED) is 0.600. The van der Waals surface area contributed by atoms with E-state index in [9.17, 15) is 0 Å². The van der Waals surface area contributed by atoms with Gasteiger partial charge in [0, 0.05) is 25.3 Å². The van der Waals surface area contributed by atoms with Crippen molar-refractivity contribution in [1.29, 1.82) is 0 Å². The predicted octanol–water partition coefficient (Wildman–Crippen LogP) is 2.04. The van der Waals surface area contributed by atoms with E-state index in [2.05, 4.69) is 23.2 Å². The van der Waals surface area contributed by atoms with Gasteiger partial charge in [-0.3, -0.25) is 0 Å². The highest BCUT2D eigenvalue weighted by Crippen LogP contribution is 2.27. The number of piperazine rings is 1. The van der Waals surface area contributed by atoms with Crippen LogP contribution in [0.1, 0.15) is 19.8 Å². The Morgan fingerprint density at radius 1 is 1.54 bits per heavy atom. The van der Waals surface area contributed by atoms with Gasteiger partial charge in [0.25, 0.3) is 0 Å². The topological polar surface area (TPSA) is 15.3 Å². The lowest BCUT2D eigenvalue weighted by Crippen LogP contribution is -2.40. The second-order valence-electron chi connectivity index (χ2n) is 3.62. The van der Waals surface area contributed by atoms with Crippen LogP contribution >= 0.6 is 11.6 Å². The fourth-order valence-electron chi connectivity index (χ4n) is 1.91. The molecule has 72 valence electrons. The van der Waals surface area contributed by atoms with E-state index in [0.29, 0.717) is 0 Å². The van der Waals surface area contributed by atoms with Crippen LogP contribution in [0.25, 0.3) is 0 Å². The minimum atomic E-state index is 0.911. The number of rotatable bonds is 0. The molecule has 0 spiro atoms. The fraction of sp³-hybridized carbons (Fsp3) is 0.600. The van der Waals surface area contributed by atoms with Crippen molar-refractivity contribution in [3.63, 3.8) is 0 Å². The fourth-order valence-corrected chi connectivity index (χ4v) is 2.20. The molecular formula is C10H15ClN2. The van der Waals surface area contributed by atoms with E-state index >= 15 is 0 Å². The predicted molar refractivity (Wildman–Crippen MR) is 55.4 cm³/mol. The van der Waals surface area contributed by atoms with Crippen LogP contribution in [0.3, 0.4) is 0 Å². The van der Waals surface area contributed by atoms with E-state index in [1.165, 1.54) is 11.3 Å². The molecule has 0 unspecified atom stereocenters. The van der Waals surface area contributed by atoms with Gasteiger partial charge in [0.15, 0.2) is 0 Å². The Morgan fingerprint density at radius 2 is 2.38 bits per heavy atom. The SMILES string of the molecule is CC1=C2CNCCN2C(Cl)=CCC1. The largest absolute Gasteiger partial charge is 0.334 e. The first-order valence-corrected chi connectivity index (χ1v) is 5.19. The van der Waals surface area contributed by atoms with Crippen molar-refractivity contribution in [1.82, 2.24) is 10.2 Å². The zero-order chi connectivity index (χ0) is 9.26. The summed E-state index contributed by atoms with van der Waals surface area (Å²) >= 11 is 6.19. The Bertz CT molecular complexity index is 268. The van der Waals surface area contributed by atoms with Crippen LogP contribution < -0.4 is 5.32 Å². The van der Waals surface area contributed by atoms with Crippen LogP contribution in [0.15, 0.2) is 22.5 Å². The van der Waals surface area contributed by atoms with Gasteiger partial charge in [0.1, 0.15) is 5.16 Å². The van der Waals surface area contributed by atoms with Gasteiger partial charge in [0.05, 0.1) is 0 Å². The maximum absolute atomic E-state index is 6.19. The summed E-state index contributed by atoms with van der Waals surface area (Å²) < 4.78 is 0. The van der Waals surface area contributed by atoms with Crippen molar-refractivity contribution in [2.45, 2.75) is 19.8 Å². The number of allylic oxidation sites excluding steroid dienone is 2. The highest BCUT2D eigenvalue weighted by atomic mass is 35.5. The Labute approximate surface area is 84.2 Å². The maximum Gasteiger partial charge on any atom is 0.105 e. The first kappa shape index (κ1) is 9.10. The van der Waals surface area contributed by atoms with Crippen LogP contribution in [0, 0.1) is 0 Å². The number of fused-ring (bicyclic) bond motifs is 1. The standard InChI is InChI=1S/C10H15ClN2/c1-8-3-2-4-10(11)13-6-5-12-7-9(8)13/h4,12H,2-3,5-7H2,1H3. The van der Waals surface area contributed by atoms with Crippen LogP contribution in [0.2, 0.25) is 0 Å². The van der Waals surface area contributed by atoms with Crippen molar-refractivity contribution >= 4 is 11.6 Å². The zero-order valence-electron chi connectivity index (χ0n) is 7.94. The molecule has 3 heteroatoms. The lowest BCUT2D eigenvalue weighted by molar-refractivity contribution is 0.380. The molecule has 2 aliphatic heterocycles. The molecule has 1 fully saturated rings. The molecule has 2 rings (SSSR count). The maximum atomic E-state index is 6.19. The zero-order valence-corrected chi connectivity index (χ0v) is 8.69. The molecule has 1 N–H and O–H groups in total. The average molecular weight is 199 g/mol. The molecule has 0 aromatic heterocycles. The van der Waals surface area contributed by atoms with Gasteiger partial charge in [-0.25, -0.2) is 0 Å². The molecule has 0 aliphatic carbocycles. The molecule has 2 nitrogen and oxygen atoms in total. The normalized spacial score (nSPS) is 23.8. The van der Waals surface area contributed by atoms with Gasteiger partial charge >= 0.3 is 0 Å². The smallest absolute Gasteiger partial charge is 0.105 e. The van der Waals surface area contributed by atoms with E-state index in [1.807, 2.05) is 0 Å². The van der Waals surface area contributed by atoms with Gasteiger partial charge < -0.3 is 10.2 Å². The number of hydrogen-bond donors (Lipinski definition) is 1. The monoisotopic (exact) mass is 198 g/mol. The first-order valence-electron chi connectivity index (χ1n) is 4.81. The Hall–Kier alpha value is -0.470. The molecule has 0 saturated carbocycles. The number of nitrogens with one attached hydrogen (secondary N) is 1. The van der Waals surface area contributed by atoms with Crippen LogP contribution in [0.5, 0.6) is 0 Å². The number of halogens is 1. The van der Waals surface area contributed by atoms with E-state index in [-0.39, 0.29) is 0 Å². The van der Waals surface area contributed by atoms with Gasteiger partial charge in [-0.1, -0.05) is 17.2 Å². The molecule has 2 aliphatic rings. The third-order valence-corrected chi connectivity index (χ3v) is 3.07. The molecule has 0 atom stereocenters. The van der Waals surface area contributed by atoms with E-state index in [4.69, 9.17) is 11.6 Å². The molecule has 13 heavy (non-hydrogen) atoms. The lowest BCUT2D eigenvalue weighted by Gasteiger charge is -2.32. The van der Waals surface area contributed by atoms with Gasteiger partial charge in [-0.05, 0) is 25.8 Å². The summed E-state index contributed by atoms with van der Waals surface area (Å²) in [4.78, 5) is 2.24. The molecule has 0 aromatic rings. The van der Waals surface area contributed by atoms with Crippen LogP contribution in [0.4, 0.5) is 0 Å². The van der Waals surface area contributed by atoms with Crippen LogP contribution in [-0.4, -0.2) is 24.5 Å². The summed E-state index contributed by atoms with van der Waals surface area (Å²) in [6.07, 6.45) is 4.35. The van der Waals surface area contributed by atoms with Crippen LogP contribution in [-0.2, 0) is 0 Å². The summed E-state index contributed by atoms with van der Waals surface area (Å²) in [5.74, 6) is 0. The van der Waals surface area contributed by atoms with Crippen molar-refractivity contribution in [3.8, 4) is 0 Å². The Kier molecular flexibility index (Phi) is 2.61. The molecular weight excluding hydrogens is 184 g/mol. The minimum absolute atomic E-state index is 0.911. The van der Waals surface area contributed by atoms with Crippen molar-refractivity contribution in [3.05, 3.63) is 22.5 Å². The summed E-state index contributed by atoms with van der Waals surface area (Å²) in [5, 5.41) is 4.29. The molecule has 1 saturated heterocycles. The second-order valence-corrected chi connectivity index (χ2v) is 4.01. The lowest BCUT2D eigenvalue weighted by atomic mass is 10.1. The van der Waals surface area contributed by atoms with E-state index in [0.717, 1.165) is 37.6 Å². The first-order chi connectivity index (χ1) is 6.29. The highest BCUT2D eigenvalue weighted by molar-refractivity contribution is 6.29.